The normalized spacial score (nSPS) is 18.5. The van der Waals surface area contributed by atoms with Crippen LogP contribution in [0.15, 0.2) is 48.5 Å². The van der Waals surface area contributed by atoms with Gasteiger partial charge in [0.2, 0.25) is 11.8 Å². The summed E-state index contributed by atoms with van der Waals surface area (Å²) in [6.45, 7) is 7.53. The molecule has 0 aromatic heterocycles. The summed E-state index contributed by atoms with van der Waals surface area (Å²) in [6.07, 6.45) is 6.54. The molecule has 4 rings (SSSR count). The number of piperidine rings is 1. The van der Waals surface area contributed by atoms with Crippen molar-refractivity contribution in [2.45, 2.75) is 71.8 Å². The number of hydrogen-bond donors (Lipinski definition) is 1. The number of benzene rings is 2. The summed E-state index contributed by atoms with van der Waals surface area (Å²) in [5.74, 6) is 0.645. The molecule has 2 fully saturated rings. The van der Waals surface area contributed by atoms with E-state index in [1.807, 2.05) is 18.7 Å². The van der Waals surface area contributed by atoms with E-state index in [1.165, 1.54) is 35.1 Å². The Bertz CT molecular complexity index is 983. The van der Waals surface area contributed by atoms with Crippen LogP contribution in [-0.2, 0) is 16.0 Å². The van der Waals surface area contributed by atoms with E-state index in [9.17, 15) is 9.59 Å². The van der Waals surface area contributed by atoms with Gasteiger partial charge in [-0.3, -0.25) is 9.59 Å². The Hall–Kier alpha value is -2.62. The van der Waals surface area contributed by atoms with Crippen LogP contribution in [0.5, 0.6) is 0 Å². The summed E-state index contributed by atoms with van der Waals surface area (Å²) >= 11 is 0. The highest BCUT2D eigenvalue weighted by molar-refractivity contribution is 5.84. The van der Waals surface area contributed by atoms with Crippen LogP contribution in [0, 0.1) is 18.3 Å². The molecule has 33 heavy (non-hydrogen) atoms. The number of aryl methyl sites for hydroxylation is 1. The molecular weight excluding hydrogens is 408 g/mol. The first-order chi connectivity index (χ1) is 15.9. The average molecular weight is 447 g/mol. The predicted molar refractivity (Wildman–Crippen MR) is 134 cm³/mol. The topological polar surface area (TPSA) is 49.4 Å². The van der Waals surface area contributed by atoms with Gasteiger partial charge in [0.05, 0.1) is 5.41 Å². The second-order valence-electron chi connectivity index (χ2n) is 10.4. The number of rotatable bonds is 6. The zero-order valence-corrected chi connectivity index (χ0v) is 20.4. The summed E-state index contributed by atoms with van der Waals surface area (Å²) in [5, 5.41) is 3.19. The summed E-state index contributed by atoms with van der Waals surface area (Å²) in [7, 11) is 0. The van der Waals surface area contributed by atoms with Crippen LogP contribution >= 0.6 is 0 Å². The highest BCUT2D eigenvalue weighted by Gasteiger charge is 2.43. The Morgan fingerprint density at radius 1 is 1.03 bits per heavy atom. The zero-order valence-electron chi connectivity index (χ0n) is 20.4. The second-order valence-corrected chi connectivity index (χ2v) is 10.4. The Labute approximate surface area is 198 Å². The van der Waals surface area contributed by atoms with Gasteiger partial charge in [0, 0.05) is 25.0 Å². The number of nitrogens with zero attached hydrogens (tertiary/aromatic N) is 1. The van der Waals surface area contributed by atoms with Crippen molar-refractivity contribution in [2.24, 2.45) is 11.3 Å². The van der Waals surface area contributed by atoms with Gasteiger partial charge in [-0.25, -0.2) is 0 Å². The van der Waals surface area contributed by atoms with Crippen LogP contribution in [0.4, 0.5) is 0 Å². The van der Waals surface area contributed by atoms with Crippen LogP contribution < -0.4 is 5.32 Å². The number of carbonyl (C=O) groups excluding carboxylic acids is 2. The first kappa shape index (κ1) is 23.5. The molecule has 1 saturated carbocycles. The monoisotopic (exact) mass is 446 g/mol. The molecule has 4 heteroatoms. The maximum absolute atomic E-state index is 13.5. The molecule has 1 aliphatic heterocycles. The lowest BCUT2D eigenvalue weighted by Crippen LogP contribution is -2.53. The minimum absolute atomic E-state index is 0.103. The third kappa shape index (κ3) is 5.31. The van der Waals surface area contributed by atoms with Crippen LogP contribution in [0.2, 0.25) is 0 Å². The number of likely N-dealkylation sites (tertiary alicyclic amines) is 1. The van der Waals surface area contributed by atoms with Crippen LogP contribution in [-0.4, -0.2) is 35.8 Å². The van der Waals surface area contributed by atoms with E-state index in [1.54, 1.807) is 0 Å². The summed E-state index contributed by atoms with van der Waals surface area (Å²) in [6, 6.07) is 17.2. The minimum Gasteiger partial charge on any atom is -0.353 e. The molecule has 176 valence electrons. The molecule has 1 aliphatic carbocycles. The lowest BCUT2D eigenvalue weighted by Gasteiger charge is -2.42. The largest absolute Gasteiger partial charge is 0.353 e. The van der Waals surface area contributed by atoms with Gasteiger partial charge in [-0.1, -0.05) is 61.4 Å². The van der Waals surface area contributed by atoms with Gasteiger partial charge < -0.3 is 10.2 Å². The van der Waals surface area contributed by atoms with E-state index in [0.29, 0.717) is 25.4 Å². The van der Waals surface area contributed by atoms with E-state index >= 15 is 0 Å². The van der Waals surface area contributed by atoms with Crippen LogP contribution in [0.1, 0.15) is 63.5 Å². The zero-order chi connectivity index (χ0) is 23.4. The fourth-order valence-corrected chi connectivity index (χ4v) is 5.62. The van der Waals surface area contributed by atoms with Gasteiger partial charge in [0.15, 0.2) is 0 Å². The van der Waals surface area contributed by atoms with Gasteiger partial charge in [0.1, 0.15) is 0 Å². The van der Waals surface area contributed by atoms with E-state index in [-0.39, 0.29) is 17.9 Å². The van der Waals surface area contributed by atoms with Crippen molar-refractivity contribution >= 4 is 11.8 Å². The SMILES string of the molecule is Cc1ccccc1-c1cccc(CC2(C(=O)NC(C)C)CCN(C(=O)C3CCCC3)CC2)c1. The minimum atomic E-state index is -0.471. The molecular formula is C29H38N2O2. The molecule has 2 aromatic carbocycles. The molecule has 1 saturated heterocycles. The Morgan fingerprint density at radius 3 is 2.39 bits per heavy atom. The Morgan fingerprint density at radius 2 is 1.73 bits per heavy atom. The van der Waals surface area contributed by atoms with E-state index in [4.69, 9.17) is 0 Å². The van der Waals surface area contributed by atoms with Crippen LogP contribution in [0.25, 0.3) is 11.1 Å². The van der Waals surface area contributed by atoms with Gasteiger partial charge in [-0.2, -0.15) is 0 Å². The molecule has 0 radical (unpaired) electrons. The lowest BCUT2D eigenvalue weighted by molar-refractivity contribution is -0.143. The molecule has 2 aliphatic rings. The predicted octanol–water partition coefficient (Wildman–Crippen LogP) is 5.53. The summed E-state index contributed by atoms with van der Waals surface area (Å²) < 4.78 is 0. The van der Waals surface area contributed by atoms with E-state index < -0.39 is 5.41 Å². The van der Waals surface area contributed by atoms with E-state index in [2.05, 4.69) is 60.8 Å². The van der Waals surface area contributed by atoms with Crippen molar-refractivity contribution in [3.05, 3.63) is 59.7 Å². The molecule has 0 bridgehead atoms. The molecule has 0 spiro atoms. The highest BCUT2D eigenvalue weighted by atomic mass is 16.2. The number of hydrogen-bond acceptors (Lipinski definition) is 2. The molecule has 1 heterocycles. The molecule has 4 nitrogen and oxygen atoms in total. The Kier molecular flexibility index (Phi) is 7.21. The Balaban J connectivity index is 1.55. The fourth-order valence-electron chi connectivity index (χ4n) is 5.62. The summed E-state index contributed by atoms with van der Waals surface area (Å²) in [4.78, 5) is 28.5. The van der Waals surface area contributed by atoms with Crippen molar-refractivity contribution in [3.63, 3.8) is 0 Å². The van der Waals surface area contributed by atoms with Crippen molar-refractivity contribution in [3.8, 4) is 11.1 Å². The number of nitrogens with one attached hydrogen (secondary N) is 1. The lowest BCUT2D eigenvalue weighted by atomic mass is 9.72. The molecule has 1 N–H and O–H groups in total. The van der Waals surface area contributed by atoms with Crippen molar-refractivity contribution in [1.82, 2.24) is 10.2 Å². The third-order valence-corrected chi connectivity index (χ3v) is 7.56. The van der Waals surface area contributed by atoms with Gasteiger partial charge >= 0.3 is 0 Å². The van der Waals surface area contributed by atoms with Crippen molar-refractivity contribution < 1.29 is 9.59 Å². The van der Waals surface area contributed by atoms with Crippen molar-refractivity contribution in [2.75, 3.05) is 13.1 Å². The molecule has 0 unspecified atom stereocenters. The molecule has 2 amide bonds. The maximum atomic E-state index is 13.5. The smallest absolute Gasteiger partial charge is 0.226 e. The second kappa shape index (κ2) is 10.1. The van der Waals surface area contributed by atoms with Gasteiger partial charge in [-0.15, -0.1) is 0 Å². The standard InChI is InChI=1S/C29H38N2O2/c1-21(2)30-28(33)29(15-17-31(18-16-29)27(32)24-11-5-6-12-24)20-23-10-8-13-25(19-23)26-14-7-4-9-22(26)3/h4,7-10,13-14,19,21,24H,5-6,11-12,15-18,20H2,1-3H3,(H,30,33). The third-order valence-electron chi connectivity index (χ3n) is 7.56. The van der Waals surface area contributed by atoms with Crippen molar-refractivity contribution in [1.29, 1.82) is 0 Å². The first-order valence-electron chi connectivity index (χ1n) is 12.6. The van der Waals surface area contributed by atoms with E-state index in [0.717, 1.165) is 25.7 Å². The number of carbonyl (C=O) groups is 2. The van der Waals surface area contributed by atoms with Crippen LogP contribution in [0.3, 0.4) is 0 Å². The molecule has 0 atom stereocenters. The quantitative estimate of drug-likeness (QED) is 0.634. The number of amides is 2. The maximum Gasteiger partial charge on any atom is 0.226 e. The fraction of sp³-hybridized carbons (Fsp3) is 0.517. The highest BCUT2D eigenvalue weighted by Crippen LogP contribution is 2.38. The first-order valence-corrected chi connectivity index (χ1v) is 12.6. The van der Waals surface area contributed by atoms with Gasteiger partial charge in [-0.05, 0) is 75.1 Å². The molecule has 2 aromatic rings. The van der Waals surface area contributed by atoms with Gasteiger partial charge in [0.25, 0.3) is 0 Å². The average Bonchev–Trinajstić information content (AvgIpc) is 3.34. The summed E-state index contributed by atoms with van der Waals surface area (Å²) in [5.41, 5.74) is 4.39.